The predicted molar refractivity (Wildman–Crippen MR) is 102 cm³/mol. The normalized spacial score (nSPS) is 16.7. The van der Waals surface area contributed by atoms with Crippen LogP contribution in [0.3, 0.4) is 0 Å². The molecule has 25 heavy (non-hydrogen) atoms. The Morgan fingerprint density at radius 1 is 1.16 bits per heavy atom. The van der Waals surface area contributed by atoms with Gasteiger partial charge in [-0.1, -0.05) is 23.7 Å². The van der Waals surface area contributed by atoms with Crippen LogP contribution in [0.25, 0.3) is 10.4 Å². The first kappa shape index (κ1) is 18.4. The van der Waals surface area contributed by atoms with E-state index in [1.165, 1.54) is 21.9 Å². The van der Waals surface area contributed by atoms with Gasteiger partial charge in [0, 0.05) is 29.0 Å². The van der Waals surface area contributed by atoms with Gasteiger partial charge in [0.15, 0.2) is 0 Å². The van der Waals surface area contributed by atoms with Gasteiger partial charge in [-0.05, 0) is 42.7 Å². The third-order valence-corrected chi connectivity index (χ3v) is 6.90. The molecule has 134 valence electrons. The molecular formula is C17H19ClN2O3S2. The summed E-state index contributed by atoms with van der Waals surface area (Å²) in [6.07, 6.45) is 2.48. The maximum atomic E-state index is 12.4. The fourth-order valence-corrected chi connectivity index (χ4v) is 4.73. The molecule has 1 fully saturated rings. The van der Waals surface area contributed by atoms with Crippen LogP contribution in [-0.4, -0.2) is 44.0 Å². The number of rotatable bonds is 4. The van der Waals surface area contributed by atoms with Gasteiger partial charge in [-0.25, -0.2) is 12.7 Å². The van der Waals surface area contributed by atoms with Crippen molar-refractivity contribution in [2.24, 2.45) is 0 Å². The first-order chi connectivity index (χ1) is 11.8. The Morgan fingerprint density at radius 3 is 2.40 bits per heavy atom. The third kappa shape index (κ3) is 4.61. The fourth-order valence-electron chi connectivity index (χ4n) is 2.82. The monoisotopic (exact) mass is 398 g/mol. The SMILES string of the molecule is CS(=O)(=O)N1CCC(NC(=O)c2ccc(-c3ccc(Cl)cc3)s2)CC1. The number of hydrogen-bond donors (Lipinski definition) is 1. The third-order valence-electron chi connectivity index (χ3n) is 4.22. The van der Waals surface area contributed by atoms with E-state index >= 15 is 0 Å². The summed E-state index contributed by atoms with van der Waals surface area (Å²) in [7, 11) is -3.15. The number of halogens is 1. The number of piperidine rings is 1. The van der Waals surface area contributed by atoms with Crippen molar-refractivity contribution in [2.75, 3.05) is 19.3 Å². The highest BCUT2D eigenvalue weighted by Gasteiger charge is 2.26. The second-order valence-corrected chi connectivity index (χ2v) is 9.58. The smallest absolute Gasteiger partial charge is 0.261 e. The number of amides is 1. The highest BCUT2D eigenvalue weighted by molar-refractivity contribution is 7.88. The number of hydrogen-bond acceptors (Lipinski definition) is 4. The molecule has 1 aliphatic rings. The molecule has 0 spiro atoms. The number of carbonyl (C=O) groups is 1. The lowest BCUT2D eigenvalue weighted by Gasteiger charge is -2.30. The molecule has 1 aliphatic heterocycles. The zero-order valence-electron chi connectivity index (χ0n) is 13.7. The average molecular weight is 399 g/mol. The van der Waals surface area contributed by atoms with E-state index in [-0.39, 0.29) is 11.9 Å². The Hall–Kier alpha value is -1.41. The van der Waals surface area contributed by atoms with Crippen LogP contribution in [0.1, 0.15) is 22.5 Å². The van der Waals surface area contributed by atoms with Gasteiger partial charge in [0.05, 0.1) is 11.1 Å². The molecule has 1 saturated heterocycles. The van der Waals surface area contributed by atoms with E-state index in [0.717, 1.165) is 10.4 Å². The van der Waals surface area contributed by atoms with E-state index < -0.39 is 10.0 Å². The van der Waals surface area contributed by atoms with Crippen molar-refractivity contribution in [1.82, 2.24) is 9.62 Å². The highest BCUT2D eigenvalue weighted by Crippen LogP contribution is 2.29. The van der Waals surface area contributed by atoms with Gasteiger partial charge in [-0.3, -0.25) is 4.79 Å². The number of benzene rings is 1. The molecule has 3 rings (SSSR count). The van der Waals surface area contributed by atoms with Crippen LogP contribution in [0.4, 0.5) is 0 Å². The quantitative estimate of drug-likeness (QED) is 0.859. The molecule has 0 radical (unpaired) electrons. The van der Waals surface area contributed by atoms with Crippen LogP contribution in [0, 0.1) is 0 Å². The minimum Gasteiger partial charge on any atom is -0.349 e. The Kier molecular flexibility index (Phi) is 5.48. The van der Waals surface area contributed by atoms with Gasteiger partial charge in [0.2, 0.25) is 10.0 Å². The van der Waals surface area contributed by atoms with Crippen molar-refractivity contribution in [2.45, 2.75) is 18.9 Å². The Labute approximate surface area is 156 Å². The van der Waals surface area contributed by atoms with Gasteiger partial charge in [0.1, 0.15) is 0 Å². The molecule has 0 saturated carbocycles. The van der Waals surface area contributed by atoms with Crippen LogP contribution < -0.4 is 5.32 Å². The van der Waals surface area contributed by atoms with E-state index in [1.807, 2.05) is 36.4 Å². The zero-order valence-corrected chi connectivity index (χ0v) is 16.1. The Balaban J connectivity index is 1.60. The van der Waals surface area contributed by atoms with E-state index in [2.05, 4.69) is 5.32 Å². The summed E-state index contributed by atoms with van der Waals surface area (Å²) in [5.74, 6) is -0.108. The summed E-state index contributed by atoms with van der Waals surface area (Å²) in [6.45, 7) is 0.897. The molecule has 1 aromatic heterocycles. The molecule has 2 aromatic rings. The second-order valence-electron chi connectivity index (χ2n) is 6.08. The summed E-state index contributed by atoms with van der Waals surface area (Å²) in [6, 6.07) is 11.3. The van der Waals surface area contributed by atoms with Crippen molar-refractivity contribution in [1.29, 1.82) is 0 Å². The van der Waals surface area contributed by atoms with E-state index in [1.54, 1.807) is 0 Å². The van der Waals surface area contributed by atoms with Gasteiger partial charge in [-0.15, -0.1) is 11.3 Å². The highest BCUT2D eigenvalue weighted by atomic mass is 35.5. The number of nitrogens with zero attached hydrogens (tertiary/aromatic N) is 1. The Morgan fingerprint density at radius 2 is 1.80 bits per heavy atom. The lowest BCUT2D eigenvalue weighted by atomic mass is 10.1. The summed E-state index contributed by atoms with van der Waals surface area (Å²) < 4.78 is 24.5. The van der Waals surface area contributed by atoms with Gasteiger partial charge >= 0.3 is 0 Å². The lowest BCUT2D eigenvalue weighted by molar-refractivity contribution is 0.0928. The molecule has 8 heteroatoms. The van der Waals surface area contributed by atoms with Crippen molar-refractivity contribution in [3.8, 4) is 10.4 Å². The standard InChI is InChI=1S/C17H19ClN2O3S2/c1-25(22,23)20-10-8-14(9-11-20)19-17(21)16-7-6-15(24-16)12-2-4-13(18)5-3-12/h2-7,14H,8-11H2,1H3,(H,19,21). The molecule has 1 aromatic carbocycles. The van der Waals surface area contributed by atoms with Crippen molar-refractivity contribution in [3.05, 3.63) is 46.3 Å². The van der Waals surface area contributed by atoms with Crippen LogP contribution >= 0.6 is 22.9 Å². The summed E-state index contributed by atoms with van der Waals surface area (Å²) >= 11 is 7.33. The summed E-state index contributed by atoms with van der Waals surface area (Å²) in [5, 5.41) is 3.69. The lowest BCUT2D eigenvalue weighted by Crippen LogP contribution is -2.46. The van der Waals surface area contributed by atoms with Crippen LogP contribution in [-0.2, 0) is 10.0 Å². The minimum atomic E-state index is -3.15. The number of carbonyl (C=O) groups excluding carboxylic acids is 1. The van der Waals surface area contributed by atoms with Crippen molar-refractivity contribution in [3.63, 3.8) is 0 Å². The average Bonchev–Trinajstić information content (AvgIpc) is 3.05. The second kappa shape index (κ2) is 7.45. The first-order valence-corrected chi connectivity index (χ1v) is 11.0. The molecule has 0 aliphatic carbocycles. The van der Waals surface area contributed by atoms with Crippen LogP contribution in [0.15, 0.2) is 36.4 Å². The topological polar surface area (TPSA) is 66.5 Å². The largest absolute Gasteiger partial charge is 0.349 e. The van der Waals surface area contributed by atoms with E-state index in [0.29, 0.717) is 35.8 Å². The summed E-state index contributed by atoms with van der Waals surface area (Å²) in [4.78, 5) is 14.1. The first-order valence-electron chi connectivity index (χ1n) is 7.95. The maximum absolute atomic E-state index is 12.4. The van der Waals surface area contributed by atoms with Gasteiger partial charge < -0.3 is 5.32 Å². The molecule has 1 amide bonds. The van der Waals surface area contributed by atoms with E-state index in [9.17, 15) is 13.2 Å². The van der Waals surface area contributed by atoms with E-state index in [4.69, 9.17) is 11.6 Å². The number of sulfonamides is 1. The van der Waals surface area contributed by atoms with Crippen molar-refractivity contribution < 1.29 is 13.2 Å². The Bertz CT molecular complexity index is 854. The molecule has 0 atom stereocenters. The van der Waals surface area contributed by atoms with Crippen LogP contribution in [0.5, 0.6) is 0 Å². The number of nitrogens with one attached hydrogen (secondary N) is 1. The maximum Gasteiger partial charge on any atom is 0.261 e. The summed E-state index contributed by atoms with van der Waals surface area (Å²) in [5.41, 5.74) is 1.02. The van der Waals surface area contributed by atoms with Gasteiger partial charge in [-0.2, -0.15) is 0 Å². The fraction of sp³-hybridized carbons (Fsp3) is 0.353. The molecule has 2 heterocycles. The molecular weight excluding hydrogens is 380 g/mol. The molecule has 0 bridgehead atoms. The van der Waals surface area contributed by atoms with Crippen molar-refractivity contribution >= 4 is 38.9 Å². The zero-order chi connectivity index (χ0) is 18.0. The molecule has 5 nitrogen and oxygen atoms in total. The van der Waals surface area contributed by atoms with Gasteiger partial charge in [0.25, 0.3) is 5.91 Å². The molecule has 0 unspecified atom stereocenters. The predicted octanol–water partition coefficient (Wildman–Crippen LogP) is 3.22. The minimum absolute atomic E-state index is 0.00609. The number of thiophene rings is 1. The molecule has 1 N–H and O–H groups in total. The van der Waals surface area contributed by atoms with Crippen LogP contribution in [0.2, 0.25) is 5.02 Å².